The van der Waals surface area contributed by atoms with E-state index in [1.165, 1.54) is 25.7 Å². The topological polar surface area (TPSA) is 60.0 Å². The third-order valence-corrected chi connectivity index (χ3v) is 4.22. The van der Waals surface area contributed by atoms with E-state index in [4.69, 9.17) is 5.73 Å². The van der Waals surface area contributed by atoms with Crippen molar-refractivity contribution in [1.82, 2.24) is 9.88 Å². The number of carbonyl (C=O) groups excluding carboxylic acids is 1. The molecule has 2 saturated carbocycles. The fourth-order valence-corrected chi connectivity index (χ4v) is 2.87. The Kier molecular flexibility index (Phi) is 3.03. The van der Waals surface area contributed by atoms with Crippen LogP contribution in [-0.4, -0.2) is 16.5 Å². The summed E-state index contributed by atoms with van der Waals surface area (Å²) >= 11 is 0. The standard InChI is InChI=1S/C15H23N3O/c1-9(2)18-8-12(16)7-13(18)15(19)17-14(10-3-4-10)11-5-6-11/h7-11,14H,3-6,16H2,1-2H3,(H,17,19). The highest BCUT2D eigenvalue weighted by Gasteiger charge is 2.42. The summed E-state index contributed by atoms with van der Waals surface area (Å²) in [4.78, 5) is 12.5. The number of nitrogens with zero attached hydrogens (tertiary/aromatic N) is 1. The van der Waals surface area contributed by atoms with Gasteiger partial charge in [0, 0.05) is 18.3 Å². The number of nitrogen functional groups attached to an aromatic ring is 1. The van der Waals surface area contributed by atoms with Crippen molar-refractivity contribution >= 4 is 11.6 Å². The largest absolute Gasteiger partial charge is 0.397 e. The van der Waals surface area contributed by atoms with Gasteiger partial charge in [-0.3, -0.25) is 4.79 Å². The molecule has 0 spiro atoms. The molecule has 0 radical (unpaired) electrons. The van der Waals surface area contributed by atoms with E-state index >= 15 is 0 Å². The molecule has 3 rings (SSSR count). The van der Waals surface area contributed by atoms with Gasteiger partial charge in [0.25, 0.3) is 5.91 Å². The minimum absolute atomic E-state index is 0.0363. The summed E-state index contributed by atoms with van der Waals surface area (Å²) in [6.07, 6.45) is 6.94. The molecule has 3 N–H and O–H groups in total. The van der Waals surface area contributed by atoms with E-state index in [2.05, 4.69) is 19.2 Å². The number of hydrogen-bond donors (Lipinski definition) is 2. The molecule has 0 aliphatic heterocycles. The van der Waals surface area contributed by atoms with Crippen LogP contribution >= 0.6 is 0 Å². The minimum Gasteiger partial charge on any atom is -0.397 e. The van der Waals surface area contributed by atoms with Crippen molar-refractivity contribution in [3.63, 3.8) is 0 Å². The number of nitrogens with two attached hydrogens (primary N) is 1. The van der Waals surface area contributed by atoms with Gasteiger partial charge in [-0.05, 0) is 57.4 Å². The van der Waals surface area contributed by atoms with Gasteiger partial charge in [-0.1, -0.05) is 0 Å². The van der Waals surface area contributed by atoms with Gasteiger partial charge in [0.1, 0.15) is 5.69 Å². The molecule has 1 amide bonds. The van der Waals surface area contributed by atoms with Gasteiger partial charge in [-0.25, -0.2) is 0 Å². The van der Waals surface area contributed by atoms with Gasteiger partial charge in [0.15, 0.2) is 0 Å². The maximum Gasteiger partial charge on any atom is 0.268 e. The van der Waals surface area contributed by atoms with Crippen LogP contribution in [0.15, 0.2) is 12.3 Å². The summed E-state index contributed by atoms with van der Waals surface area (Å²) in [5, 5.41) is 3.25. The van der Waals surface area contributed by atoms with Gasteiger partial charge in [0.2, 0.25) is 0 Å². The lowest BCUT2D eigenvalue weighted by atomic mass is 10.1. The van der Waals surface area contributed by atoms with Crippen LogP contribution in [-0.2, 0) is 0 Å². The highest BCUT2D eigenvalue weighted by molar-refractivity contribution is 5.94. The first kappa shape index (κ1) is 12.6. The van der Waals surface area contributed by atoms with E-state index in [1.807, 2.05) is 10.8 Å². The molecule has 4 heteroatoms. The zero-order valence-corrected chi connectivity index (χ0v) is 11.7. The second-order valence-corrected chi connectivity index (χ2v) is 6.33. The van der Waals surface area contributed by atoms with Crippen LogP contribution in [0.5, 0.6) is 0 Å². The highest BCUT2D eigenvalue weighted by Crippen LogP contribution is 2.44. The summed E-state index contributed by atoms with van der Waals surface area (Å²) in [6, 6.07) is 2.43. The van der Waals surface area contributed by atoms with Crippen molar-refractivity contribution in [1.29, 1.82) is 0 Å². The van der Waals surface area contributed by atoms with Crippen LogP contribution in [0.4, 0.5) is 5.69 Å². The molecule has 4 nitrogen and oxygen atoms in total. The van der Waals surface area contributed by atoms with Crippen molar-refractivity contribution in [2.45, 2.75) is 51.6 Å². The van der Waals surface area contributed by atoms with E-state index in [0.29, 0.717) is 17.4 Å². The van der Waals surface area contributed by atoms with Gasteiger partial charge in [-0.15, -0.1) is 0 Å². The fraction of sp³-hybridized carbons (Fsp3) is 0.667. The van der Waals surface area contributed by atoms with Crippen LogP contribution in [0.1, 0.15) is 56.1 Å². The van der Waals surface area contributed by atoms with Crippen molar-refractivity contribution < 1.29 is 4.79 Å². The number of aromatic nitrogens is 1. The molecule has 0 saturated heterocycles. The lowest BCUT2D eigenvalue weighted by molar-refractivity contribution is 0.0915. The van der Waals surface area contributed by atoms with E-state index in [9.17, 15) is 4.79 Å². The average molecular weight is 261 g/mol. The number of amides is 1. The van der Waals surface area contributed by atoms with Crippen LogP contribution in [0.2, 0.25) is 0 Å². The Morgan fingerprint density at radius 1 is 1.32 bits per heavy atom. The Morgan fingerprint density at radius 3 is 2.37 bits per heavy atom. The van der Waals surface area contributed by atoms with E-state index < -0.39 is 0 Å². The number of carbonyl (C=O) groups is 1. The molecule has 104 valence electrons. The molecule has 2 aliphatic rings. The predicted octanol–water partition coefficient (Wildman–Crippen LogP) is 2.57. The first-order valence-corrected chi connectivity index (χ1v) is 7.34. The highest BCUT2D eigenvalue weighted by atomic mass is 16.2. The van der Waals surface area contributed by atoms with Crippen LogP contribution in [0.3, 0.4) is 0 Å². The number of rotatable bonds is 5. The van der Waals surface area contributed by atoms with E-state index in [0.717, 1.165) is 11.8 Å². The molecule has 2 aliphatic carbocycles. The van der Waals surface area contributed by atoms with E-state index in [1.54, 1.807) is 6.07 Å². The molecule has 1 aromatic heterocycles. The number of nitrogens with one attached hydrogen (secondary N) is 1. The number of hydrogen-bond acceptors (Lipinski definition) is 2. The Morgan fingerprint density at radius 2 is 1.89 bits per heavy atom. The second-order valence-electron chi connectivity index (χ2n) is 6.33. The maximum atomic E-state index is 12.5. The van der Waals surface area contributed by atoms with Gasteiger partial charge in [-0.2, -0.15) is 0 Å². The van der Waals surface area contributed by atoms with Crippen molar-refractivity contribution in [3.05, 3.63) is 18.0 Å². The van der Waals surface area contributed by atoms with Gasteiger partial charge >= 0.3 is 0 Å². The van der Waals surface area contributed by atoms with E-state index in [-0.39, 0.29) is 11.9 Å². The molecular weight excluding hydrogens is 238 g/mol. The minimum atomic E-state index is 0.0363. The summed E-state index contributed by atoms with van der Waals surface area (Å²) in [5.74, 6) is 1.47. The molecule has 1 aromatic rings. The monoisotopic (exact) mass is 261 g/mol. The smallest absolute Gasteiger partial charge is 0.268 e. The molecule has 0 unspecified atom stereocenters. The van der Waals surface area contributed by atoms with Crippen molar-refractivity contribution in [2.24, 2.45) is 11.8 Å². The molecule has 0 bridgehead atoms. The molecule has 0 atom stereocenters. The average Bonchev–Trinajstić information content (AvgIpc) is 3.23. The lowest BCUT2D eigenvalue weighted by Crippen LogP contribution is -2.39. The van der Waals surface area contributed by atoms with Crippen LogP contribution < -0.4 is 11.1 Å². The van der Waals surface area contributed by atoms with Crippen LogP contribution in [0, 0.1) is 11.8 Å². The third-order valence-electron chi connectivity index (χ3n) is 4.22. The Bertz CT molecular complexity index is 472. The zero-order chi connectivity index (χ0) is 13.6. The Balaban J connectivity index is 1.75. The predicted molar refractivity (Wildman–Crippen MR) is 75.9 cm³/mol. The molecule has 0 aromatic carbocycles. The van der Waals surface area contributed by atoms with Gasteiger partial charge < -0.3 is 15.6 Å². The molecule has 2 fully saturated rings. The first-order chi connectivity index (χ1) is 9.06. The summed E-state index contributed by atoms with van der Waals surface area (Å²) in [7, 11) is 0. The van der Waals surface area contributed by atoms with Crippen LogP contribution in [0.25, 0.3) is 0 Å². The molecule has 19 heavy (non-hydrogen) atoms. The fourth-order valence-electron chi connectivity index (χ4n) is 2.87. The third kappa shape index (κ3) is 2.62. The van der Waals surface area contributed by atoms with Gasteiger partial charge in [0.05, 0.1) is 5.69 Å². The summed E-state index contributed by atoms with van der Waals surface area (Å²) in [5.41, 5.74) is 7.18. The Labute approximate surface area is 114 Å². The zero-order valence-electron chi connectivity index (χ0n) is 11.7. The summed E-state index contributed by atoms with van der Waals surface area (Å²) in [6.45, 7) is 4.13. The van der Waals surface area contributed by atoms with Crippen molar-refractivity contribution in [3.8, 4) is 0 Å². The quantitative estimate of drug-likeness (QED) is 0.855. The second kappa shape index (κ2) is 4.58. The Hall–Kier alpha value is -1.45. The molecule has 1 heterocycles. The first-order valence-electron chi connectivity index (χ1n) is 7.34. The number of anilines is 1. The summed E-state index contributed by atoms with van der Waals surface area (Å²) < 4.78 is 1.96. The lowest BCUT2D eigenvalue weighted by Gasteiger charge is -2.19. The SMILES string of the molecule is CC(C)n1cc(N)cc1C(=O)NC(C1CC1)C1CC1. The maximum absolute atomic E-state index is 12.5. The molecular formula is C15H23N3O. The van der Waals surface area contributed by atoms with Crippen molar-refractivity contribution in [2.75, 3.05) is 5.73 Å². The normalized spacial score (nSPS) is 19.2.